The van der Waals surface area contributed by atoms with Gasteiger partial charge in [0.15, 0.2) is 0 Å². The number of piperidine rings is 2. The number of aromatic nitrogens is 4. The van der Waals surface area contributed by atoms with E-state index in [2.05, 4.69) is 51.8 Å². The number of amides is 2. The standard InChI is InChI=1S/C38H43BrF6N4O3.C36H39BrF6N4O3/c1-3-31-19-32(48(36-46-21-30(39)22-47-36)23-26-14-28(37(40,41)42)18-29(15-26)38(43,44)45)20-33(16-24-8-6-5-7-9-24)49(31)35(51)27-12-10-25(11-13-27)17-34(50)52-4-2;1-2-29-17-30(18-31(14-22-6-4-3-5-7-22)47(29)33(50)25-10-8-23(9-11-25)15-32(48)49)46(34-44-19-28(37)20-45-34)21-24-12-26(35(38,39)40)16-27(13-24)36(41,42)43/h5-9,14-15,18,21-22,25,27,31-33H,3-4,10-13,16-17,19-20,23H2,1-2H3;3-7,12-13,16,19-20,23,25,29-31H,2,8-11,14-15,17-18,21H2,1H3,(H,48,49)/t25?,27?,31-,32+,33+;23?,25?,29-,30+,31+/m11/s1. The van der Waals surface area contributed by atoms with Crippen LogP contribution in [0.1, 0.15) is 168 Å². The van der Waals surface area contributed by atoms with Crippen molar-refractivity contribution in [2.45, 2.75) is 210 Å². The summed E-state index contributed by atoms with van der Waals surface area (Å²) in [5.74, 6) is -1.03. The molecule has 2 saturated heterocycles. The Morgan fingerprint density at radius 1 is 0.471 bits per heavy atom. The van der Waals surface area contributed by atoms with Crippen LogP contribution in [0, 0.1) is 23.7 Å². The van der Waals surface area contributed by atoms with E-state index in [1.54, 1.807) is 16.7 Å². The number of ether oxygens (including phenoxy) is 1. The smallest absolute Gasteiger partial charge is 0.416 e. The molecule has 0 unspecified atom stereocenters. The molecule has 2 aliphatic heterocycles. The molecule has 4 aromatic carbocycles. The van der Waals surface area contributed by atoms with Gasteiger partial charge in [0, 0.05) is 98.8 Å². The van der Waals surface area contributed by atoms with Gasteiger partial charge in [-0.05, 0) is 212 Å². The van der Waals surface area contributed by atoms with Crippen LogP contribution in [0.25, 0.3) is 0 Å². The van der Waals surface area contributed by atoms with Gasteiger partial charge < -0.3 is 29.4 Å². The van der Waals surface area contributed by atoms with Crippen molar-refractivity contribution in [3.63, 3.8) is 0 Å². The Balaban J connectivity index is 0.000000237. The molecule has 28 heteroatoms. The zero-order valence-electron chi connectivity index (χ0n) is 56.5. The molecule has 4 aliphatic rings. The SMILES string of the molecule is CCOC(=O)CC1CCC(C(=O)N2[C@H](CC)C[C@H](N(Cc3cc(C(F)(F)F)cc(C(F)(F)F)c3)c3ncc(Br)cn3)C[C@@H]2Cc2ccccc2)CC1.CC[C@@H]1C[C@H](N(Cc2cc(C(F)(F)F)cc(C(F)(F)F)c2)c2ncc(Br)cn2)C[C@H](Cc2ccccc2)N1C(=O)C1CCC(CC(=O)O)CC1. The van der Waals surface area contributed by atoms with Gasteiger partial charge in [0.05, 0.1) is 37.8 Å². The predicted octanol–water partition coefficient (Wildman–Crippen LogP) is 18.4. The molecule has 2 aliphatic carbocycles. The zero-order valence-corrected chi connectivity index (χ0v) is 59.7. The number of esters is 1. The molecule has 14 nitrogen and oxygen atoms in total. The van der Waals surface area contributed by atoms with Gasteiger partial charge >= 0.3 is 36.6 Å². The number of carbonyl (C=O) groups excluding carboxylic acids is 3. The second kappa shape index (κ2) is 34.5. The summed E-state index contributed by atoms with van der Waals surface area (Å²) in [6.45, 7) is 5.39. The fourth-order valence-corrected chi connectivity index (χ4v) is 15.6. The van der Waals surface area contributed by atoms with Crippen molar-refractivity contribution in [3.8, 4) is 0 Å². The maximum absolute atomic E-state index is 14.5. The van der Waals surface area contributed by atoms with Crippen molar-refractivity contribution < 1.29 is 81.7 Å². The molecule has 1 N–H and O–H groups in total. The minimum Gasteiger partial charge on any atom is -0.481 e. The number of alkyl halides is 12. The minimum absolute atomic E-state index is 0.00384. The van der Waals surface area contributed by atoms with Gasteiger partial charge in [0.25, 0.3) is 0 Å². The molecule has 0 radical (unpaired) electrons. The second-order valence-electron chi connectivity index (χ2n) is 27.1. The van der Waals surface area contributed by atoms with Crippen LogP contribution in [0.2, 0.25) is 0 Å². The van der Waals surface area contributed by atoms with E-state index in [9.17, 15) is 77.0 Å². The third-order valence-corrected chi connectivity index (χ3v) is 20.9. The number of rotatable bonds is 21. The third kappa shape index (κ3) is 21.2. The van der Waals surface area contributed by atoms with Crippen LogP contribution < -0.4 is 9.80 Å². The van der Waals surface area contributed by atoms with E-state index in [1.807, 2.05) is 84.3 Å². The topological polar surface area (TPSA) is 162 Å². The predicted molar refractivity (Wildman–Crippen MR) is 365 cm³/mol. The molecule has 4 heterocycles. The van der Waals surface area contributed by atoms with E-state index in [0.29, 0.717) is 112 Å². The molecule has 0 spiro atoms. The molecular formula is C74H82Br2F12N8O6. The van der Waals surface area contributed by atoms with Crippen molar-refractivity contribution in [1.29, 1.82) is 0 Å². The fourth-order valence-electron chi connectivity index (χ4n) is 15.2. The van der Waals surface area contributed by atoms with Gasteiger partial charge in [-0.25, -0.2) is 19.9 Å². The Labute approximate surface area is 601 Å². The van der Waals surface area contributed by atoms with E-state index < -0.39 is 65.0 Å². The molecule has 4 fully saturated rings. The first-order valence-corrected chi connectivity index (χ1v) is 36.0. The summed E-state index contributed by atoms with van der Waals surface area (Å²) >= 11 is 6.61. The third-order valence-electron chi connectivity index (χ3n) is 20.1. The number of benzene rings is 4. The monoisotopic (exact) mass is 1560 g/mol. The molecule has 552 valence electrons. The Hall–Kier alpha value is -7.36. The Kier molecular flexibility index (Phi) is 26.6. The van der Waals surface area contributed by atoms with Gasteiger partial charge in [-0.1, -0.05) is 74.5 Å². The summed E-state index contributed by atoms with van der Waals surface area (Å²) in [7, 11) is 0. The van der Waals surface area contributed by atoms with Crippen molar-refractivity contribution >= 4 is 67.5 Å². The highest BCUT2D eigenvalue weighted by Crippen LogP contribution is 2.44. The normalized spacial score (nSPS) is 22.8. The summed E-state index contributed by atoms with van der Waals surface area (Å²) in [5.41, 5.74) is -3.97. The summed E-state index contributed by atoms with van der Waals surface area (Å²) in [4.78, 5) is 77.2. The molecule has 6 aromatic rings. The van der Waals surface area contributed by atoms with E-state index in [0.717, 1.165) is 48.2 Å². The largest absolute Gasteiger partial charge is 0.481 e. The van der Waals surface area contributed by atoms with Crippen LogP contribution in [-0.4, -0.2) is 101 Å². The van der Waals surface area contributed by atoms with E-state index in [4.69, 9.17) is 4.74 Å². The number of likely N-dealkylation sites (tertiary alicyclic amines) is 2. The fraction of sp³-hybridized carbons (Fsp3) is 0.514. The number of hydrogen-bond donors (Lipinski definition) is 1. The number of anilines is 2. The summed E-state index contributed by atoms with van der Waals surface area (Å²) in [5, 5.41) is 9.25. The first-order chi connectivity index (χ1) is 48.3. The Bertz CT molecular complexity index is 3680. The zero-order chi connectivity index (χ0) is 73.8. The minimum atomic E-state index is -5.00. The van der Waals surface area contributed by atoms with Gasteiger partial charge in [-0.2, -0.15) is 52.7 Å². The highest BCUT2D eigenvalue weighted by Gasteiger charge is 2.47. The van der Waals surface area contributed by atoms with Crippen molar-refractivity contribution in [1.82, 2.24) is 29.7 Å². The number of nitrogens with zero attached hydrogens (tertiary/aromatic N) is 8. The van der Waals surface area contributed by atoms with Gasteiger partial charge in [0.1, 0.15) is 0 Å². The summed E-state index contributed by atoms with van der Waals surface area (Å²) in [6, 6.07) is 20.4. The maximum Gasteiger partial charge on any atom is 0.416 e. The quantitative estimate of drug-likeness (QED) is 0.0537. The number of carbonyl (C=O) groups is 4. The van der Waals surface area contributed by atoms with Crippen LogP contribution in [0.3, 0.4) is 0 Å². The van der Waals surface area contributed by atoms with E-state index in [1.165, 1.54) is 24.8 Å². The molecule has 6 atom stereocenters. The first-order valence-electron chi connectivity index (χ1n) is 34.4. The number of aliphatic carboxylic acids is 1. The molecule has 0 bridgehead atoms. The average molecular weight is 1570 g/mol. The molecule has 102 heavy (non-hydrogen) atoms. The lowest BCUT2D eigenvalue weighted by molar-refractivity contribution is -0.147. The molecule has 2 saturated carbocycles. The molecule has 2 amide bonds. The van der Waals surface area contributed by atoms with Crippen LogP contribution in [-0.2, 0) is 74.6 Å². The highest BCUT2D eigenvalue weighted by molar-refractivity contribution is 9.10. The lowest BCUT2D eigenvalue weighted by atomic mass is 9.78. The van der Waals surface area contributed by atoms with Gasteiger partial charge in [-0.15, -0.1) is 0 Å². The lowest BCUT2D eigenvalue weighted by Gasteiger charge is -2.49. The molecule has 10 rings (SSSR count). The molecular weight excluding hydrogens is 1480 g/mol. The molecule has 2 aromatic heterocycles. The van der Waals surface area contributed by atoms with Crippen molar-refractivity contribution in [3.05, 3.63) is 175 Å². The number of carboxylic acid groups (broad SMARTS) is 1. The first kappa shape index (κ1) is 78.8. The van der Waals surface area contributed by atoms with E-state index in [-0.39, 0.29) is 120 Å². The Morgan fingerprint density at radius 3 is 1.10 bits per heavy atom. The average Bonchev–Trinajstić information content (AvgIpc) is 0.781. The number of halogens is 14. The number of hydrogen-bond acceptors (Lipinski definition) is 11. The van der Waals surface area contributed by atoms with Gasteiger partial charge in [-0.3, -0.25) is 19.2 Å². The second-order valence-corrected chi connectivity index (χ2v) is 28.9. The van der Waals surface area contributed by atoms with Crippen molar-refractivity contribution in [2.24, 2.45) is 23.7 Å². The number of carboxylic acids is 1. The van der Waals surface area contributed by atoms with E-state index >= 15 is 0 Å². The van der Waals surface area contributed by atoms with Crippen LogP contribution in [0.15, 0.2) is 131 Å². The summed E-state index contributed by atoms with van der Waals surface area (Å²) < 4.78 is 172. The van der Waals surface area contributed by atoms with Crippen LogP contribution in [0.5, 0.6) is 0 Å². The van der Waals surface area contributed by atoms with Crippen molar-refractivity contribution in [2.75, 3.05) is 16.4 Å². The summed E-state index contributed by atoms with van der Waals surface area (Å²) in [6.07, 6.45) is -4.73. The lowest BCUT2D eigenvalue weighted by Crippen LogP contribution is -2.59. The highest BCUT2D eigenvalue weighted by atomic mass is 79.9. The van der Waals surface area contributed by atoms with Gasteiger partial charge in [0.2, 0.25) is 23.7 Å². The Morgan fingerprint density at radius 2 is 0.794 bits per heavy atom. The van der Waals surface area contributed by atoms with Crippen LogP contribution >= 0.6 is 31.9 Å². The maximum atomic E-state index is 14.5. The van der Waals surface area contributed by atoms with Crippen LogP contribution in [0.4, 0.5) is 64.6 Å².